The van der Waals surface area contributed by atoms with Crippen LogP contribution in [0.4, 0.5) is 11.4 Å². The molecular weight excluding hydrogens is 388 g/mol. The summed E-state index contributed by atoms with van der Waals surface area (Å²) < 4.78 is 10.7. The molecule has 1 amide bonds. The maximum atomic E-state index is 12.3. The van der Waals surface area contributed by atoms with E-state index in [1.807, 2.05) is 18.2 Å². The first-order valence-corrected chi connectivity index (χ1v) is 8.98. The van der Waals surface area contributed by atoms with Gasteiger partial charge in [0.15, 0.2) is 6.61 Å². The van der Waals surface area contributed by atoms with Gasteiger partial charge in [0.05, 0.1) is 10.5 Å². The zero-order valence-corrected chi connectivity index (χ0v) is 16.0. The summed E-state index contributed by atoms with van der Waals surface area (Å²) in [6.07, 6.45) is 0. The Morgan fingerprint density at radius 3 is 2.40 bits per heavy atom. The molecule has 8 nitrogen and oxygen atoms in total. The predicted molar refractivity (Wildman–Crippen MR) is 110 cm³/mol. The van der Waals surface area contributed by atoms with E-state index < -0.39 is 23.4 Å². The summed E-state index contributed by atoms with van der Waals surface area (Å²) in [5.74, 6) is -0.349. The van der Waals surface area contributed by atoms with E-state index >= 15 is 0 Å². The summed E-state index contributed by atoms with van der Waals surface area (Å²) >= 11 is 0. The Balaban J connectivity index is 1.62. The minimum absolute atomic E-state index is 0.0711. The van der Waals surface area contributed by atoms with Gasteiger partial charge in [-0.25, -0.2) is 4.79 Å². The number of hydrogen-bond acceptors (Lipinski definition) is 6. The van der Waals surface area contributed by atoms with E-state index in [2.05, 4.69) is 5.32 Å². The Kier molecular flexibility index (Phi) is 6.39. The lowest BCUT2D eigenvalue weighted by molar-refractivity contribution is -0.384. The third-order valence-electron chi connectivity index (χ3n) is 4.09. The lowest BCUT2D eigenvalue weighted by Gasteiger charge is -2.10. The SMILES string of the molecule is Cc1cccc([N+](=O)[O-])c1NC(=O)COC(=O)c1cccc(Oc2ccccc2)c1. The number of nitro groups is 1. The molecule has 3 rings (SSSR count). The van der Waals surface area contributed by atoms with E-state index in [9.17, 15) is 19.7 Å². The summed E-state index contributed by atoms with van der Waals surface area (Å²) in [6.45, 7) is 1.04. The quantitative estimate of drug-likeness (QED) is 0.352. The highest BCUT2D eigenvalue weighted by atomic mass is 16.6. The standard InChI is InChI=1S/C22H18N2O6/c1-15-7-5-12-19(24(27)28)21(15)23-20(25)14-29-22(26)16-8-6-11-18(13-16)30-17-9-3-2-4-10-17/h2-13H,14H2,1H3,(H,23,25). The third kappa shape index (κ3) is 5.20. The van der Waals surface area contributed by atoms with Crippen LogP contribution in [0.1, 0.15) is 15.9 Å². The van der Waals surface area contributed by atoms with E-state index in [1.165, 1.54) is 24.3 Å². The number of carbonyl (C=O) groups is 2. The summed E-state index contributed by atoms with van der Waals surface area (Å²) in [5, 5.41) is 13.6. The van der Waals surface area contributed by atoms with Crippen LogP contribution < -0.4 is 10.1 Å². The number of nitro benzene ring substituents is 1. The van der Waals surface area contributed by atoms with Crippen LogP contribution in [0.25, 0.3) is 0 Å². The van der Waals surface area contributed by atoms with Crippen LogP contribution in [0, 0.1) is 17.0 Å². The number of rotatable bonds is 7. The average Bonchev–Trinajstić information content (AvgIpc) is 2.74. The molecule has 3 aromatic rings. The van der Waals surface area contributed by atoms with Crippen molar-refractivity contribution in [2.45, 2.75) is 6.92 Å². The molecule has 0 radical (unpaired) electrons. The van der Waals surface area contributed by atoms with Crippen molar-refractivity contribution >= 4 is 23.3 Å². The highest BCUT2D eigenvalue weighted by molar-refractivity contribution is 5.97. The summed E-state index contributed by atoms with van der Waals surface area (Å²) in [4.78, 5) is 35.0. The molecule has 0 unspecified atom stereocenters. The first kappa shape index (κ1) is 20.5. The molecule has 0 aromatic heterocycles. The van der Waals surface area contributed by atoms with Crippen LogP contribution in [0.2, 0.25) is 0 Å². The number of aryl methyl sites for hydroxylation is 1. The molecule has 0 saturated carbocycles. The van der Waals surface area contributed by atoms with Gasteiger partial charge in [-0.2, -0.15) is 0 Å². The van der Waals surface area contributed by atoms with E-state index in [4.69, 9.17) is 9.47 Å². The first-order valence-electron chi connectivity index (χ1n) is 8.98. The van der Waals surface area contributed by atoms with Gasteiger partial charge in [-0.3, -0.25) is 14.9 Å². The molecule has 8 heteroatoms. The number of amides is 1. The molecule has 152 valence electrons. The average molecular weight is 406 g/mol. The van der Waals surface area contributed by atoms with Gasteiger partial charge in [0, 0.05) is 6.07 Å². The van der Waals surface area contributed by atoms with Gasteiger partial charge < -0.3 is 14.8 Å². The molecule has 1 N–H and O–H groups in total. The lowest BCUT2D eigenvalue weighted by atomic mass is 10.1. The number of nitrogens with zero attached hydrogens (tertiary/aromatic N) is 1. The smallest absolute Gasteiger partial charge is 0.338 e. The van der Waals surface area contributed by atoms with E-state index in [0.717, 1.165) is 0 Å². The van der Waals surface area contributed by atoms with Crippen LogP contribution in [-0.4, -0.2) is 23.4 Å². The fourth-order valence-electron chi connectivity index (χ4n) is 2.67. The Labute approximate surface area is 172 Å². The molecule has 0 fully saturated rings. The van der Waals surface area contributed by atoms with Gasteiger partial charge in [0.2, 0.25) is 0 Å². The van der Waals surface area contributed by atoms with Crippen molar-refractivity contribution in [3.05, 3.63) is 94.0 Å². The molecule has 0 spiro atoms. The van der Waals surface area contributed by atoms with Gasteiger partial charge in [0.1, 0.15) is 17.2 Å². The van der Waals surface area contributed by atoms with E-state index in [1.54, 1.807) is 37.3 Å². The lowest BCUT2D eigenvalue weighted by Crippen LogP contribution is -2.22. The number of hydrogen-bond donors (Lipinski definition) is 1. The van der Waals surface area contributed by atoms with Crippen molar-refractivity contribution in [3.63, 3.8) is 0 Å². The number of nitrogens with one attached hydrogen (secondary N) is 1. The molecule has 3 aromatic carbocycles. The highest BCUT2D eigenvalue weighted by Crippen LogP contribution is 2.27. The minimum Gasteiger partial charge on any atom is -0.457 e. The van der Waals surface area contributed by atoms with Crippen LogP contribution >= 0.6 is 0 Å². The van der Waals surface area contributed by atoms with Crippen molar-refractivity contribution in [2.75, 3.05) is 11.9 Å². The molecule has 0 aliphatic carbocycles. The van der Waals surface area contributed by atoms with Crippen molar-refractivity contribution in [1.29, 1.82) is 0 Å². The second-order valence-electron chi connectivity index (χ2n) is 6.29. The molecule has 0 heterocycles. The Morgan fingerprint density at radius 1 is 0.967 bits per heavy atom. The zero-order valence-electron chi connectivity index (χ0n) is 16.0. The third-order valence-corrected chi connectivity index (χ3v) is 4.09. The number of ether oxygens (including phenoxy) is 2. The largest absolute Gasteiger partial charge is 0.457 e. The number of para-hydroxylation sites is 2. The topological polar surface area (TPSA) is 108 Å². The Hall–Kier alpha value is -4.20. The monoisotopic (exact) mass is 406 g/mol. The molecule has 0 bridgehead atoms. The molecular formula is C22H18N2O6. The van der Waals surface area contributed by atoms with E-state index in [0.29, 0.717) is 17.1 Å². The molecule has 0 aliphatic rings. The van der Waals surface area contributed by atoms with Crippen molar-refractivity contribution in [2.24, 2.45) is 0 Å². The molecule has 0 aliphatic heterocycles. The summed E-state index contributed by atoms with van der Waals surface area (Å²) in [6, 6.07) is 19.9. The summed E-state index contributed by atoms with van der Waals surface area (Å²) in [5.41, 5.74) is 0.565. The van der Waals surface area contributed by atoms with Gasteiger partial charge in [-0.15, -0.1) is 0 Å². The summed E-state index contributed by atoms with van der Waals surface area (Å²) in [7, 11) is 0. The van der Waals surface area contributed by atoms with Crippen molar-refractivity contribution < 1.29 is 24.0 Å². The highest BCUT2D eigenvalue weighted by Gasteiger charge is 2.19. The fraction of sp³-hybridized carbons (Fsp3) is 0.0909. The maximum Gasteiger partial charge on any atom is 0.338 e. The van der Waals surface area contributed by atoms with Crippen molar-refractivity contribution in [3.8, 4) is 11.5 Å². The Morgan fingerprint density at radius 2 is 1.67 bits per heavy atom. The van der Waals surface area contributed by atoms with Crippen LogP contribution in [0.5, 0.6) is 11.5 Å². The van der Waals surface area contributed by atoms with Crippen LogP contribution in [0.15, 0.2) is 72.8 Å². The molecule has 0 saturated heterocycles. The number of benzene rings is 3. The van der Waals surface area contributed by atoms with E-state index in [-0.39, 0.29) is 16.9 Å². The first-order chi connectivity index (χ1) is 14.4. The zero-order chi connectivity index (χ0) is 21.5. The molecule has 30 heavy (non-hydrogen) atoms. The van der Waals surface area contributed by atoms with Gasteiger partial charge in [-0.05, 0) is 42.8 Å². The predicted octanol–water partition coefficient (Wildman–Crippen LogP) is 4.49. The van der Waals surface area contributed by atoms with Gasteiger partial charge in [0.25, 0.3) is 11.6 Å². The second-order valence-corrected chi connectivity index (χ2v) is 6.29. The molecule has 0 atom stereocenters. The number of esters is 1. The minimum atomic E-state index is -0.719. The van der Waals surface area contributed by atoms with Gasteiger partial charge in [-0.1, -0.05) is 36.4 Å². The Bertz CT molecular complexity index is 1080. The number of carbonyl (C=O) groups excluding carboxylic acids is 2. The normalized spacial score (nSPS) is 10.2. The number of anilines is 1. The fourth-order valence-corrected chi connectivity index (χ4v) is 2.67. The van der Waals surface area contributed by atoms with Crippen molar-refractivity contribution in [1.82, 2.24) is 0 Å². The second kappa shape index (κ2) is 9.33. The van der Waals surface area contributed by atoms with Crippen LogP contribution in [-0.2, 0) is 9.53 Å². The maximum absolute atomic E-state index is 12.3. The van der Waals surface area contributed by atoms with Crippen LogP contribution in [0.3, 0.4) is 0 Å². The van der Waals surface area contributed by atoms with Gasteiger partial charge >= 0.3 is 5.97 Å².